The topological polar surface area (TPSA) is 64.9 Å². The maximum Gasteiger partial charge on any atom is 0.314 e. The van der Waals surface area contributed by atoms with Crippen molar-refractivity contribution in [1.29, 1.82) is 5.26 Å². The minimum Gasteiger partial charge on any atom is -0.338 e. The van der Waals surface area contributed by atoms with Crippen LogP contribution in [0.5, 0.6) is 0 Å². The molecule has 0 unspecified atom stereocenters. The second kappa shape index (κ2) is 18.9. The minimum atomic E-state index is -0.0359. The Hall–Kier alpha value is -1.15. The lowest BCUT2D eigenvalue weighted by atomic mass is 10.1. The van der Waals surface area contributed by atoms with Crippen LogP contribution in [0.1, 0.15) is 71.1 Å². The van der Waals surface area contributed by atoms with Crippen LogP contribution in [-0.2, 0) is 0 Å². The van der Waals surface area contributed by atoms with Gasteiger partial charge in [0.15, 0.2) is 0 Å². The number of carbonyl (C=O) groups is 1. The Kier molecular flexibility index (Phi) is 18.0. The molecule has 0 saturated carbocycles. The molecule has 0 bridgehead atoms. The highest BCUT2D eigenvalue weighted by Gasteiger charge is 1.97. The van der Waals surface area contributed by atoms with Gasteiger partial charge in [-0.25, -0.2) is 4.79 Å². The third kappa shape index (κ3) is 18.8. The van der Waals surface area contributed by atoms with Gasteiger partial charge in [0.2, 0.25) is 0 Å². The summed E-state index contributed by atoms with van der Waals surface area (Å²) in [5, 5.41) is 16.3. The maximum atomic E-state index is 11.5. The standard InChI is InChI=1S/C18H33N3OS/c1-2-3-11-14-20-18(22)21-15-12-9-7-5-4-6-8-10-13-16-23-17-19/h4-5H,2-3,6-16H2,1H3,(H2,20,21,22). The molecule has 0 saturated heterocycles. The van der Waals surface area contributed by atoms with Crippen LogP contribution in [0.25, 0.3) is 0 Å². The number of urea groups is 1. The molecule has 0 aliphatic carbocycles. The molecule has 0 radical (unpaired) electrons. The van der Waals surface area contributed by atoms with Crippen molar-refractivity contribution < 1.29 is 4.79 Å². The van der Waals surface area contributed by atoms with Gasteiger partial charge >= 0.3 is 6.03 Å². The summed E-state index contributed by atoms with van der Waals surface area (Å²) in [4.78, 5) is 11.5. The fourth-order valence-corrected chi connectivity index (χ4v) is 2.56. The molecule has 0 atom stereocenters. The molecule has 0 aromatic heterocycles. The predicted octanol–water partition coefficient (Wildman–Crippen LogP) is 4.98. The number of amides is 2. The molecule has 23 heavy (non-hydrogen) atoms. The van der Waals surface area contributed by atoms with E-state index in [1.54, 1.807) is 0 Å². The summed E-state index contributed by atoms with van der Waals surface area (Å²) in [6, 6.07) is -0.0359. The Morgan fingerprint density at radius 1 is 0.957 bits per heavy atom. The molecule has 0 aliphatic heterocycles. The number of hydrogen-bond acceptors (Lipinski definition) is 3. The van der Waals surface area contributed by atoms with Crippen molar-refractivity contribution in [3.63, 3.8) is 0 Å². The van der Waals surface area contributed by atoms with E-state index in [2.05, 4.69) is 35.1 Å². The third-order valence-electron chi connectivity index (χ3n) is 3.50. The van der Waals surface area contributed by atoms with Crippen LogP contribution in [0.15, 0.2) is 12.2 Å². The van der Waals surface area contributed by atoms with E-state index in [0.717, 1.165) is 57.4 Å². The monoisotopic (exact) mass is 339 g/mol. The summed E-state index contributed by atoms with van der Waals surface area (Å²) in [5.41, 5.74) is 0. The van der Waals surface area contributed by atoms with E-state index >= 15 is 0 Å². The summed E-state index contributed by atoms with van der Waals surface area (Å²) in [7, 11) is 0. The first-order chi connectivity index (χ1) is 11.3. The number of thiocyanates is 1. The van der Waals surface area contributed by atoms with Gasteiger partial charge in [-0.2, -0.15) is 5.26 Å². The average Bonchev–Trinajstić information content (AvgIpc) is 2.56. The zero-order valence-corrected chi connectivity index (χ0v) is 15.4. The molecule has 0 aliphatic rings. The summed E-state index contributed by atoms with van der Waals surface area (Å²) in [6.45, 7) is 3.69. The fourth-order valence-electron chi connectivity index (χ4n) is 2.12. The highest BCUT2D eigenvalue weighted by molar-refractivity contribution is 8.03. The average molecular weight is 340 g/mol. The molecule has 2 amide bonds. The van der Waals surface area contributed by atoms with E-state index in [4.69, 9.17) is 5.26 Å². The number of allylic oxidation sites excluding steroid dienone is 2. The molecule has 0 heterocycles. The van der Waals surface area contributed by atoms with E-state index in [0.29, 0.717) is 0 Å². The SMILES string of the molecule is CCCCCNC(=O)NCCCCC=CCCCCCSC#N. The molecule has 0 aromatic carbocycles. The molecule has 2 N–H and O–H groups in total. The van der Waals surface area contributed by atoms with Crippen molar-refractivity contribution in [1.82, 2.24) is 10.6 Å². The van der Waals surface area contributed by atoms with Crippen molar-refractivity contribution in [3.8, 4) is 5.40 Å². The molecular formula is C18H33N3OS. The van der Waals surface area contributed by atoms with Crippen LogP contribution in [0.3, 0.4) is 0 Å². The third-order valence-corrected chi connectivity index (χ3v) is 4.12. The second-order valence-corrected chi connectivity index (χ2v) is 6.53. The summed E-state index contributed by atoms with van der Waals surface area (Å²) < 4.78 is 0. The smallest absolute Gasteiger partial charge is 0.314 e. The number of nitriles is 1. The highest BCUT2D eigenvalue weighted by Crippen LogP contribution is 2.07. The number of rotatable bonds is 15. The van der Waals surface area contributed by atoms with Gasteiger partial charge in [-0.15, -0.1) is 0 Å². The number of carbonyl (C=O) groups excluding carboxylic acids is 1. The zero-order chi connectivity index (χ0) is 17.0. The number of hydrogen-bond donors (Lipinski definition) is 2. The fraction of sp³-hybridized carbons (Fsp3) is 0.778. The van der Waals surface area contributed by atoms with Crippen LogP contribution in [0, 0.1) is 10.7 Å². The van der Waals surface area contributed by atoms with Gasteiger partial charge in [0.1, 0.15) is 5.40 Å². The van der Waals surface area contributed by atoms with Crippen molar-refractivity contribution in [2.75, 3.05) is 18.8 Å². The van der Waals surface area contributed by atoms with Crippen molar-refractivity contribution in [2.45, 2.75) is 71.1 Å². The van der Waals surface area contributed by atoms with Crippen LogP contribution in [0.2, 0.25) is 0 Å². The van der Waals surface area contributed by atoms with Crippen molar-refractivity contribution in [3.05, 3.63) is 12.2 Å². The van der Waals surface area contributed by atoms with Crippen LogP contribution in [0.4, 0.5) is 4.79 Å². The van der Waals surface area contributed by atoms with Gasteiger partial charge in [0.05, 0.1) is 0 Å². The molecule has 0 rings (SSSR count). The predicted molar refractivity (Wildman–Crippen MR) is 100 cm³/mol. The molecule has 0 aromatic rings. The number of nitrogens with zero attached hydrogens (tertiary/aromatic N) is 1. The Morgan fingerprint density at radius 3 is 2.17 bits per heavy atom. The molecular weight excluding hydrogens is 306 g/mol. The first-order valence-corrected chi connectivity index (χ1v) is 9.97. The second-order valence-electron chi connectivity index (χ2n) is 5.65. The number of nitrogens with one attached hydrogen (secondary N) is 2. The molecule has 132 valence electrons. The van der Waals surface area contributed by atoms with Crippen LogP contribution in [-0.4, -0.2) is 24.9 Å². The van der Waals surface area contributed by atoms with Gasteiger partial charge < -0.3 is 10.6 Å². The van der Waals surface area contributed by atoms with Gasteiger partial charge in [0.25, 0.3) is 0 Å². The van der Waals surface area contributed by atoms with Crippen LogP contribution >= 0.6 is 11.8 Å². The normalized spacial score (nSPS) is 10.6. The largest absolute Gasteiger partial charge is 0.338 e. The van der Waals surface area contributed by atoms with Crippen molar-refractivity contribution in [2.24, 2.45) is 0 Å². The summed E-state index contributed by atoms with van der Waals surface area (Å²) in [5.74, 6) is 0.958. The molecule has 4 nitrogen and oxygen atoms in total. The summed E-state index contributed by atoms with van der Waals surface area (Å²) in [6.07, 6.45) is 15.8. The van der Waals surface area contributed by atoms with E-state index in [-0.39, 0.29) is 6.03 Å². The van der Waals surface area contributed by atoms with Gasteiger partial charge in [-0.05, 0) is 56.7 Å². The lowest BCUT2D eigenvalue weighted by Crippen LogP contribution is -2.36. The molecule has 5 heteroatoms. The van der Waals surface area contributed by atoms with E-state index in [9.17, 15) is 4.79 Å². The van der Waals surface area contributed by atoms with Gasteiger partial charge in [0, 0.05) is 18.8 Å². The van der Waals surface area contributed by atoms with E-state index in [1.165, 1.54) is 37.4 Å². The summed E-state index contributed by atoms with van der Waals surface area (Å²) >= 11 is 1.35. The maximum absolute atomic E-state index is 11.5. The van der Waals surface area contributed by atoms with Crippen LogP contribution < -0.4 is 10.6 Å². The van der Waals surface area contributed by atoms with Crippen molar-refractivity contribution >= 4 is 17.8 Å². The molecule has 0 fully saturated rings. The lowest BCUT2D eigenvalue weighted by molar-refractivity contribution is 0.240. The lowest BCUT2D eigenvalue weighted by Gasteiger charge is -2.06. The zero-order valence-electron chi connectivity index (χ0n) is 14.6. The van der Waals surface area contributed by atoms with Gasteiger partial charge in [-0.1, -0.05) is 38.3 Å². The Labute approximate surface area is 146 Å². The first-order valence-electron chi connectivity index (χ1n) is 8.98. The Bertz CT molecular complexity index is 340. The quantitative estimate of drug-likeness (QED) is 0.251. The Balaban J connectivity index is 3.21. The molecule has 0 spiro atoms. The number of thioether (sulfide) groups is 1. The first kappa shape index (κ1) is 21.9. The Morgan fingerprint density at radius 2 is 1.57 bits per heavy atom. The highest BCUT2D eigenvalue weighted by atomic mass is 32.2. The minimum absolute atomic E-state index is 0.0359. The van der Waals surface area contributed by atoms with E-state index in [1.807, 2.05) is 0 Å². The van der Waals surface area contributed by atoms with E-state index < -0.39 is 0 Å². The van der Waals surface area contributed by atoms with Gasteiger partial charge in [-0.3, -0.25) is 0 Å². The number of unbranched alkanes of at least 4 members (excludes halogenated alkanes) is 7.